The fourth-order valence-electron chi connectivity index (χ4n) is 1.73. The van der Waals surface area contributed by atoms with Crippen LogP contribution in [0.5, 0.6) is 0 Å². The first-order valence-corrected chi connectivity index (χ1v) is 6.97. The highest BCUT2D eigenvalue weighted by Crippen LogP contribution is 2.46. The summed E-state index contributed by atoms with van der Waals surface area (Å²) in [6.07, 6.45) is 4.10. The first kappa shape index (κ1) is 13.8. The molecule has 1 saturated carbocycles. The molecule has 0 aliphatic heterocycles. The summed E-state index contributed by atoms with van der Waals surface area (Å²) in [5.74, 6) is -1.35. The van der Waals surface area contributed by atoms with Gasteiger partial charge in [-0.25, -0.2) is 0 Å². The third kappa shape index (κ3) is 3.04. The first-order valence-electron chi connectivity index (χ1n) is 5.75. The van der Waals surface area contributed by atoms with Crippen molar-refractivity contribution < 1.29 is 14.1 Å². The number of hydrogen-bond acceptors (Lipinski definition) is 4. The minimum atomic E-state index is -0.940. The molecule has 0 saturated heterocycles. The van der Waals surface area contributed by atoms with Gasteiger partial charge in [-0.05, 0) is 31.2 Å². The number of nitro groups is 1. The number of benzene rings is 1. The number of halogens is 1. The molecule has 1 aromatic rings. The van der Waals surface area contributed by atoms with Crippen LogP contribution in [0.25, 0.3) is 0 Å². The molecule has 0 spiro atoms. The van der Waals surface area contributed by atoms with Crippen molar-refractivity contribution in [3.63, 3.8) is 0 Å². The minimum Gasteiger partial charge on any atom is -0.351 e. The van der Waals surface area contributed by atoms with Crippen LogP contribution < -0.4 is 5.32 Å². The van der Waals surface area contributed by atoms with E-state index in [1.165, 1.54) is 6.07 Å². The molecule has 1 N–H and O–H groups in total. The van der Waals surface area contributed by atoms with E-state index >= 15 is 0 Å². The van der Waals surface area contributed by atoms with E-state index in [0.29, 0.717) is 6.54 Å². The van der Waals surface area contributed by atoms with Gasteiger partial charge in [-0.15, -0.1) is 0 Å². The Morgan fingerprint density at radius 2 is 2.26 bits per heavy atom. The molecule has 102 valence electrons. The lowest BCUT2D eigenvalue weighted by Crippen LogP contribution is -2.31. The van der Waals surface area contributed by atoms with E-state index in [0.717, 1.165) is 25.0 Å². The third-order valence-electron chi connectivity index (χ3n) is 3.22. The highest BCUT2D eigenvalue weighted by molar-refractivity contribution is 8.00. The number of thioether (sulfide) groups is 1. The van der Waals surface area contributed by atoms with Crippen molar-refractivity contribution in [1.29, 1.82) is 0 Å². The van der Waals surface area contributed by atoms with E-state index in [4.69, 9.17) is 0 Å². The van der Waals surface area contributed by atoms with Crippen molar-refractivity contribution in [2.75, 3.05) is 12.8 Å². The van der Waals surface area contributed by atoms with E-state index in [-0.39, 0.29) is 10.3 Å². The fraction of sp³-hybridized carbons (Fsp3) is 0.417. The van der Waals surface area contributed by atoms with Crippen LogP contribution >= 0.6 is 11.8 Å². The van der Waals surface area contributed by atoms with Crippen LogP contribution in [0.3, 0.4) is 0 Å². The molecule has 5 nitrogen and oxygen atoms in total. The van der Waals surface area contributed by atoms with Crippen LogP contribution in [0.4, 0.5) is 10.1 Å². The number of carbonyl (C=O) groups excluding carboxylic acids is 1. The molecule has 0 heterocycles. The molecule has 0 bridgehead atoms. The largest absolute Gasteiger partial charge is 0.351 e. The Bertz CT molecular complexity index is 532. The van der Waals surface area contributed by atoms with Gasteiger partial charge >= 0.3 is 5.69 Å². The summed E-state index contributed by atoms with van der Waals surface area (Å²) >= 11 is 1.70. The van der Waals surface area contributed by atoms with E-state index in [9.17, 15) is 19.3 Å². The molecular formula is C12H13FN2O3S. The smallest absolute Gasteiger partial charge is 0.305 e. The number of nitro benzene ring substituents is 1. The predicted octanol–water partition coefficient (Wildman–Crippen LogP) is 2.36. The van der Waals surface area contributed by atoms with Gasteiger partial charge in [0.05, 0.1) is 4.92 Å². The van der Waals surface area contributed by atoms with Crippen LogP contribution in [-0.4, -0.2) is 28.4 Å². The summed E-state index contributed by atoms with van der Waals surface area (Å²) in [6, 6.07) is 3.15. The van der Waals surface area contributed by atoms with Crippen LogP contribution in [0.1, 0.15) is 23.2 Å². The molecule has 0 atom stereocenters. The second kappa shape index (κ2) is 5.16. The second-order valence-electron chi connectivity index (χ2n) is 4.49. The Labute approximate surface area is 113 Å². The van der Waals surface area contributed by atoms with Gasteiger partial charge in [0.25, 0.3) is 5.91 Å². The fourth-order valence-corrected chi connectivity index (χ4v) is 2.46. The molecule has 0 unspecified atom stereocenters. The number of hydrogen-bond donors (Lipinski definition) is 1. The van der Waals surface area contributed by atoms with Gasteiger partial charge in [0.15, 0.2) is 0 Å². The molecule has 7 heteroatoms. The number of amides is 1. The van der Waals surface area contributed by atoms with Gasteiger partial charge in [-0.2, -0.15) is 16.2 Å². The van der Waals surface area contributed by atoms with Crippen LogP contribution in [-0.2, 0) is 0 Å². The van der Waals surface area contributed by atoms with E-state index in [2.05, 4.69) is 5.32 Å². The van der Waals surface area contributed by atoms with Gasteiger partial charge in [0.1, 0.15) is 0 Å². The molecular weight excluding hydrogens is 271 g/mol. The maximum absolute atomic E-state index is 13.1. The maximum atomic E-state index is 13.1. The SMILES string of the molecule is CSC1(CNC(=O)c2ccc(F)c([N+](=O)[O-])c2)CC1. The lowest BCUT2D eigenvalue weighted by molar-refractivity contribution is -0.387. The average molecular weight is 284 g/mol. The molecule has 1 fully saturated rings. The Balaban J connectivity index is 2.07. The molecule has 2 rings (SSSR count). The molecule has 1 aromatic carbocycles. The van der Waals surface area contributed by atoms with Gasteiger partial charge in [0.2, 0.25) is 5.82 Å². The number of carbonyl (C=O) groups is 1. The number of nitrogens with one attached hydrogen (secondary N) is 1. The van der Waals surface area contributed by atoms with Crippen molar-refractivity contribution in [3.05, 3.63) is 39.7 Å². The quantitative estimate of drug-likeness (QED) is 0.665. The Hall–Kier alpha value is -1.63. The molecule has 1 aliphatic carbocycles. The molecule has 1 aliphatic rings. The molecule has 0 radical (unpaired) electrons. The Morgan fingerprint density at radius 3 is 2.79 bits per heavy atom. The lowest BCUT2D eigenvalue weighted by Gasteiger charge is -2.12. The Morgan fingerprint density at radius 1 is 1.58 bits per heavy atom. The Kier molecular flexibility index (Phi) is 3.75. The predicted molar refractivity (Wildman–Crippen MR) is 70.9 cm³/mol. The van der Waals surface area contributed by atoms with E-state index < -0.39 is 22.3 Å². The second-order valence-corrected chi connectivity index (χ2v) is 5.77. The van der Waals surface area contributed by atoms with Gasteiger partial charge in [-0.3, -0.25) is 14.9 Å². The van der Waals surface area contributed by atoms with Crippen LogP contribution in [0.2, 0.25) is 0 Å². The van der Waals surface area contributed by atoms with Crippen molar-refractivity contribution >= 4 is 23.4 Å². The number of nitrogens with zero attached hydrogens (tertiary/aromatic N) is 1. The van der Waals surface area contributed by atoms with Crippen molar-refractivity contribution in [2.24, 2.45) is 0 Å². The van der Waals surface area contributed by atoms with Crippen LogP contribution in [0, 0.1) is 15.9 Å². The maximum Gasteiger partial charge on any atom is 0.305 e. The first-order chi connectivity index (χ1) is 8.97. The summed E-state index contributed by atoms with van der Waals surface area (Å²) in [7, 11) is 0. The van der Waals surface area contributed by atoms with Gasteiger partial charge < -0.3 is 5.32 Å². The normalized spacial score (nSPS) is 15.9. The lowest BCUT2D eigenvalue weighted by atomic mass is 10.2. The minimum absolute atomic E-state index is 0.102. The zero-order chi connectivity index (χ0) is 14.0. The standard InChI is InChI=1S/C12H13FN2O3S/c1-19-12(4-5-12)7-14-11(16)8-2-3-9(13)10(6-8)15(17)18/h2-3,6H,4-5,7H2,1H3,(H,14,16). The zero-order valence-corrected chi connectivity index (χ0v) is 11.1. The summed E-state index contributed by atoms with van der Waals surface area (Å²) in [5.41, 5.74) is -0.580. The van der Waals surface area contributed by atoms with E-state index in [1.54, 1.807) is 11.8 Å². The topological polar surface area (TPSA) is 72.2 Å². The monoisotopic (exact) mass is 284 g/mol. The third-order valence-corrected chi connectivity index (χ3v) is 4.64. The van der Waals surface area contributed by atoms with Gasteiger partial charge in [-0.1, -0.05) is 0 Å². The summed E-state index contributed by atoms with van der Waals surface area (Å²) in [5, 5.41) is 13.3. The molecule has 1 amide bonds. The van der Waals surface area contributed by atoms with E-state index in [1.807, 2.05) is 6.26 Å². The highest BCUT2D eigenvalue weighted by atomic mass is 32.2. The highest BCUT2D eigenvalue weighted by Gasteiger charge is 2.42. The molecule has 19 heavy (non-hydrogen) atoms. The van der Waals surface area contributed by atoms with Crippen molar-refractivity contribution in [1.82, 2.24) is 5.32 Å². The summed E-state index contributed by atoms with van der Waals surface area (Å²) in [6.45, 7) is 0.526. The average Bonchev–Trinajstić information content (AvgIpc) is 3.17. The van der Waals surface area contributed by atoms with Crippen LogP contribution in [0.15, 0.2) is 18.2 Å². The summed E-state index contributed by atoms with van der Waals surface area (Å²) in [4.78, 5) is 21.6. The van der Waals surface area contributed by atoms with Crippen molar-refractivity contribution in [2.45, 2.75) is 17.6 Å². The molecule has 0 aromatic heterocycles. The van der Waals surface area contributed by atoms with Gasteiger partial charge in [0, 0.05) is 22.9 Å². The number of rotatable bonds is 5. The zero-order valence-electron chi connectivity index (χ0n) is 10.3. The van der Waals surface area contributed by atoms with Crippen molar-refractivity contribution in [3.8, 4) is 0 Å². The summed E-state index contributed by atoms with van der Waals surface area (Å²) < 4.78 is 13.3.